The van der Waals surface area contributed by atoms with Gasteiger partial charge in [0, 0.05) is 26.5 Å². The Morgan fingerprint density at radius 1 is 0.900 bits per heavy atom. The Hall–Kier alpha value is -1.28. The maximum absolute atomic E-state index is 11.3. The van der Waals surface area contributed by atoms with Crippen LogP contribution in [-0.2, 0) is 33.3 Å². The Balaban J connectivity index is 2.24. The van der Waals surface area contributed by atoms with Crippen LogP contribution in [0.2, 0.25) is 0 Å². The van der Waals surface area contributed by atoms with Gasteiger partial charge in [-0.1, -0.05) is 0 Å². The quantitative estimate of drug-likeness (QED) is 0.542. The topological polar surface area (TPSA) is 88.1 Å². The van der Waals surface area contributed by atoms with Crippen molar-refractivity contribution < 1.29 is 33.3 Å². The van der Waals surface area contributed by atoms with Crippen LogP contribution in [0.15, 0.2) is 0 Å². The third kappa shape index (κ3) is 3.24. The molecule has 20 heavy (non-hydrogen) atoms. The van der Waals surface area contributed by atoms with Crippen LogP contribution < -0.4 is 0 Å². The van der Waals surface area contributed by atoms with Crippen LogP contribution in [0.5, 0.6) is 0 Å². The second-order valence-corrected chi connectivity index (χ2v) is 5.73. The molecule has 7 nitrogen and oxygen atoms in total. The molecule has 2 saturated heterocycles. The lowest BCUT2D eigenvalue weighted by molar-refractivity contribution is -0.224. The largest absolute Gasteiger partial charge is 0.456 e. The second-order valence-electron chi connectivity index (χ2n) is 4.60. The van der Waals surface area contributed by atoms with Gasteiger partial charge in [-0.2, -0.15) is 0 Å². The van der Waals surface area contributed by atoms with E-state index in [2.05, 4.69) is 0 Å². The number of esters is 3. The van der Waals surface area contributed by atoms with E-state index in [-0.39, 0.29) is 6.10 Å². The fourth-order valence-electron chi connectivity index (χ4n) is 2.31. The SMILES string of the molecule is CC(=O)O[C@H]1[C@@H](OC(C)=O)[C@H]2CS[C@H](O2)[C@@H]1OC(C)=O. The number of thioether (sulfide) groups is 1. The van der Waals surface area contributed by atoms with E-state index in [1.807, 2.05) is 0 Å². The van der Waals surface area contributed by atoms with Gasteiger partial charge < -0.3 is 18.9 Å². The minimum atomic E-state index is -0.848. The van der Waals surface area contributed by atoms with Gasteiger partial charge in [0.15, 0.2) is 18.3 Å². The first kappa shape index (κ1) is 15.1. The summed E-state index contributed by atoms with van der Waals surface area (Å²) in [6.45, 7) is 3.78. The van der Waals surface area contributed by atoms with Crippen molar-refractivity contribution in [1.29, 1.82) is 0 Å². The molecule has 8 heteroatoms. The summed E-state index contributed by atoms with van der Waals surface area (Å²) in [4.78, 5) is 33.7. The summed E-state index contributed by atoms with van der Waals surface area (Å²) >= 11 is 1.44. The summed E-state index contributed by atoms with van der Waals surface area (Å²) in [6.07, 6.45) is -2.78. The number of carbonyl (C=O) groups excluding carboxylic acids is 3. The molecule has 0 aliphatic carbocycles. The minimum absolute atomic E-state index is 0.370. The third-order valence-corrected chi connectivity index (χ3v) is 4.15. The van der Waals surface area contributed by atoms with E-state index < -0.39 is 41.7 Å². The van der Waals surface area contributed by atoms with Crippen molar-refractivity contribution in [2.75, 3.05) is 5.75 Å². The molecule has 2 aliphatic heterocycles. The summed E-state index contributed by atoms with van der Waals surface area (Å²) in [5.74, 6) is -0.968. The first-order chi connectivity index (χ1) is 9.38. The molecule has 2 aliphatic rings. The highest BCUT2D eigenvalue weighted by atomic mass is 32.2. The Bertz CT molecular complexity index is 394. The standard InChI is InChI=1S/C12H16O7S/c1-5(13)16-9-8-4-20-12(19-8)11(18-7(3)15)10(9)17-6(2)14/h8-12H,4H2,1-3H3/t8-,9+,10+,11-,12+/m1/s1. The highest BCUT2D eigenvalue weighted by Gasteiger charge is 2.55. The molecule has 0 aromatic rings. The molecule has 0 amide bonds. The molecule has 0 aromatic heterocycles. The summed E-state index contributed by atoms with van der Waals surface area (Å²) in [5, 5.41) is 0. The summed E-state index contributed by atoms with van der Waals surface area (Å²) < 4.78 is 21.3. The smallest absolute Gasteiger partial charge is 0.303 e. The summed E-state index contributed by atoms with van der Waals surface area (Å²) in [5.41, 5.74) is -0.417. The molecule has 0 unspecified atom stereocenters. The van der Waals surface area contributed by atoms with E-state index >= 15 is 0 Å². The van der Waals surface area contributed by atoms with Crippen molar-refractivity contribution >= 4 is 29.7 Å². The Morgan fingerprint density at radius 2 is 1.40 bits per heavy atom. The van der Waals surface area contributed by atoms with Crippen molar-refractivity contribution in [2.24, 2.45) is 0 Å². The van der Waals surface area contributed by atoms with Crippen molar-refractivity contribution in [3.05, 3.63) is 0 Å². The van der Waals surface area contributed by atoms with E-state index in [4.69, 9.17) is 18.9 Å². The van der Waals surface area contributed by atoms with Gasteiger partial charge in [-0.3, -0.25) is 14.4 Å². The van der Waals surface area contributed by atoms with Crippen molar-refractivity contribution in [3.63, 3.8) is 0 Å². The Labute approximate surface area is 120 Å². The lowest BCUT2D eigenvalue weighted by Gasteiger charge is -2.39. The second kappa shape index (κ2) is 6.01. The number of hydrogen-bond acceptors (Lipinski definition) is 8. The van der Waals surface area contributed by atoms with Gasteiger partial charge in [-0.05, 0) is 0 Å². The molecule has 0 radical (unpaired) electrons. The zero-order chi connectivity index (χ0) is 14.9. The van der Waals surface area contributed by atoms with Gasteiger partial charge in [0.25, 0.3) is 0 Å². The van der Waals surface area contributed by atoms with Crippen LogP contribution in [0.1, 0.15) is 20.8 Å². The van der Waals surface area contributed by atoms with E-state index in [1.54, 1.807) is 0 Å². The fourth-order valence-corrected chi connectivity index (χ4v) is 3.58. The number of carbonyl (C=O) groups is 3. The predicted molar refractivity (Wildman–Crippen MR) is 67.8 cm³/mol. The van der Waals surface area contributed by atoms with Crippen LogP contribution in [-0.4, -0.2) is 53.5 Å². The lowest BCUT2D eigenvalue weighted by Crippen LogP contribution is -2.57. The normalized spacial score (nSPS) is 35.2. The van der Waals surface area contributed by atoms with Gasteiger partial charge in [-0.25, -0.2) is 0 Å². The van der Waals surface area contributed by atoms with Gasteiger partial charge in [-0.15, -0.1) is 11.8 Å². The van der Waals surface area contributed by atoms with Crippen molar-refractivity contribution in [2.45, 2.75) is 50.6 Å². The molecule has 2 fully saturated rings. The van der Waals surface area contributed by atoms with E-state index in [0.717, 1.165) is 0 Å². The highest BCUT2D eigenvalue weighted by Crippen LogP contribution is 2.40. The molecule has 2 bridgehead atoms. The fraction of sp³-hybridized carbons (Fsp3) is 0.750. The van der Waals surface area contributed by atoms with Crippen LogP contribution in [0.3, 0.4) is 0 Å². The maximum atomic E-state index is 11.3. The van der Waals surface area contributed by atoms with Gasteiger partial charge in [0.05, 0.1) is 0 Å². The zero-order valence-corrected chi connectivity index (χ0v) is 12.2. The zero-order valence-electron chi connectivity index (χ0n) is 11.4. The monoisotopic (exact) mass is 304 g/mol. The minimum Gasteiger partial charge on any atom is -0.456 e. The van der Waals surface area contributed by atoms with E-state index in [0.29, 0.717) is 5.75 Å². The van der Waals surface area contributed by atoms with Gasteiger partial charge >= 0.3 is 17.9 Å². The van der Waals surface area contributed by atoms with Gasteiger partial charge in [0.1, 0.15) is 11.5 Å². The number of fused-ring (bicyclic) bond motifs is 2. The van der Waals surface area contributed by atoms with Crippen LogP contribution in [0.25, 0.3) is 0 Å². The van der Waals surface area contributed by atoms with E-state index in [9.17, 15) is 14.4 Å². The number of ether oxygens (including phenoxy) is 4. The molecule has 0 spiro atoms. The molecule has 0 N–H and O–H groups in total. The molecule has 0 aromatic carbocycles. The molecule has 112 valence electrons. The van der Waals surface area contributed by atoms with Crippen LogP contribution in [0, 0.1) is 0 Å². The average Bonchev–Trinajstić information content (AvgIpc) is 2.74. The summed E-state index contributed by atoms with van der Waals surface area (Å²) in [6, 6.07) is 0. The molecule has 0 saturated carbocycles. The maximum Gasteiger partial charge on any atom is 0.303 e. The first-order valence-corrected chi connectivity index (χ1v) is 7.22. The first-order valence-electron chi connectivity index (χ1n) is 6.17. The summed E-state index contributed by atoms with van der Waals surface area (Å²) in [7, 11) is 0. The predicted octanol–water partition coefficient (Wildman–Crippen LogP) is 0.253. The highest BCUT2D eigenvalue weighted by molar-refractivity contribution is 8.00. The third-order valence-electron chi connectivity index (χ3n) is 2.92. The van der Waals surface area contributed by atoms with Crippen molar-refractivity contribution in [1.82, 2.24) is 0 Å². The molecule has 5 atom stereocenters. The van der Waals surface area contributed by atoms with Crippen molar-refractivity contribution in [3.8, 4) is 0 Å². The van der Waals surface area contributed by atoms with Gasteiger partial charge in [0.2, 0.25) is 0 Å². The number of rotatable bonds is 3. The van der Waals surface area contributed by atoms with Crippen LogP contribution in [0.4, 0.5) is 0 Å². The molecule has 2 rings (SSSR count). The number of hydrogen-bond donors (Lipinski definition) is 0. The Morgan fingerprint density at radius 3 is 1.95 bits per heavy atom. The molecular formula is C12H16O7S. The Kier molecular flexibility index (Phi) is 4.54. The molecular weight excluding hydrogens is 288 g/mol. The lowest BCUT2D eigenvalue weighted by atomic mass is 10.0. The van der Waals surface area contributed by atoms with E-state index in [1.165, 1.54) is 32.5 Å². The van der Waals surface area contributed by atoms with Crippen LogP contribution >= 0.6 is 11.8 Å². The molecule has 2 heterocycles. The average molecular weight is 304 g/mol.